The third-order valence-corrected chi connectivity index (χ3v) is 3.13. The van der Waals surface area contributed by atoms with E-state index in [4.69, 9.17) is 5.73 Å². The van der Waals surface area contributed by atoms with Gasteiger partial charge in [0.1, 0.15) is 5.82 Å². The van der Waals surface area contributed by atoms with Crippen molar-refractivity contribution in [1.29, 1.82) is 0 Å². The normalized spacial score (nSPS) is 13.2. The molecule has 4 heteroatoms. The van der Waals surface area contributed by atoms with Crippen LogP contribution in [0, 0.1) is 11.7 Å². The highest BCUT2D eigenvalue weighted by Crippen LogP contribution is 2.22. The molecule has 0 aliphatic rings. The minimum absolute atomic E-state index is 0.0484. The van der Waals surface area contributed by atoms with Crippen molar-refractivity contribution in [3.8, 4) is 0 Å². The topological polar surface area (TPSA) is 55.1 Å². The van der Waals surface area contributed by atoms with Crippen LogP contribution in [0.3, 0.4) is 0 Å². The standard InChI is InChI=1S/C14H21FN2O/c1-10(8-16)13(18)17-9-14(2,3)11-4-6-12(15)7-5-11/h4-7,10H,8-9,16H2,1-3H3,(H,17,18). The summed E-state index contributed by atoms with van der Waals surface area (Å²) in [4.78, 5) is 11.7. The number of rotatable bonds is 5. The van der Waals surface area contributed by atoms with Crippen LogP contribution >= 0.6 is 0 Å². The van der Waals surface area contributed by atoms with Crippen LogP contribution in [-0.2, 0) is 10.2 Å². The Morgan fingerprint density at radius 2 is 1.94 bits per heavy atom. The fourth-order valence-electron chi connectivity index (χ4n) is 1.59. The van der Waals surface area contributed by atoms with Gasteiger partial charge in [-0.1, -0.05) is 32.9 Å². The molecule has 1 aromatic rings. The molecule has 0 radical (unpaired) electrons. The van der Waals surface area contributed by atoms with Gasteiger partial charge in [0.15, 0.2) is 0 Å². The molecule has 1 aromatic carbocycles. The van der Waals surface area contributed by atoms with Crippen molar-refractivity contribution in [2.75, 3.05) is 13.1 Å². The number of hydrogen-bond acceptors (Lipinski definition) is 2. The van der Waals surface area contributed by atoms with Crippen molar-refractivity contribution >= 4 is 5.91 Å². The fourth-order valence-corrected chi connectivity index (χ4v) is 1.59. The molecule has 0 saturated heterocycles. The van der Waals surface area contributed by atoms with Gasteiger partial charge in [0.2, 0.25) is 5.91 Å². The number of carbonyl (C=O) groups excluding carboxylic acids is 1. The second-order valence-electron chi connectivity index (χ2n) is 5.25. The van der Waals surface area contributed by atoms with Gasteiger partial charge in [0.05, 0.1) is 0 Å². The fraction of sp³-hybridized carbons (Fsp3) is 0.500. The van der Waals surface area contributed by atoms with E-state index in [0.717, 1.165) is 5.56 Å². The Hall–Kier alpha value is -1.42. The minimum Gasteiger partial charge on any atom is -0.355 e. The zero-order chi connectivity index (χ0) is 13.8. The van der Waals surface area contributed by atoms with Gasteiger partial charge in [-0.15, -0.1) is 0 Å². The number of amides is 1. The Morgan fingerprint density at radius 3 is 2.44 bits per heavy atom. The zero-order valence-electron chi connectivity index (χ0n) is 11.2. The third-order valence-electron chi connectivity index (χ3n) is 3.13. The molecule has 1 rings (SSSR count). The average Bonchev–Trinajstić information content (AvgIpc) is 2.35. The number of halogens is 1. The molecular formula is C14H21FN2O. The molecule has 3 nitrogen and oxygen atoms in total. The van der Waals surface area contributed by atoms with E-state index in [0.29, 0.717) is 13.1 Å². The van der Waals surface area contributed by atoms with Crippen molar-refractivity contribution in [2.24, 2.45) is 11.7 Å². The van der Waals surface area contributed by atoms with Crippen LogP contribution in [0.15, 0.2) is 24.3 Å². The highest BCUT2D eigenvalue weighted by molar-refractivity contribution is 5.78. The summed E-state index contributed by atoms with van der Waals surface area (Å²) < 4.78 is 12.9. The first-order valence-corrected chi connectivity index (χ1v) is 6.10. The van der Waals surface area contributed by atoms with Gasteiger partial charge in [-0.05, 0) is 17.7 Å². The molecule has 18 heavy (non-hydrogen) atoms. The predicted molar refractivity (Wildman–Crippen MR) is 70.7 cm³/mol. The number of carbonyl (C=O) groups is 1. The molecule has 0 fully saturated rings. The zero-order valence-corrected chi connectivity index (χ0v) is 11.2. The maximum Gasteiger partial charge on any atom is 0.224 e. The quantitative estimate of drug-likeness (QED) is 0.839. The molecule has 0 aromatic heterocycles. The Kier molecular flexibility index (Phi) is 4.84. The third kappa shape index (κ3) is 3.81. The van der Waals surface area contributed by atoms with Gasteiger partial charge in [-0.25, -0.2) is 4.39 Å². The van der Waals surface area contributed by atoms with Crippen molar-refractivity contribution in [2.45, 2.75) is 26.2 Å². The highest BCUT2D eigenvalue weighted by atomic mass is 19.1. The van der Waals surface area contributed by atoms with Gasteiger partial charge in [0, 0.05) is 24.4 Å². The lowest BCUT2D eigenvalue weighted by atomic mass is 9.84. The number of benzene rings is 1. The molecule has 0 aliphatic heterocycles. The minimum atomic E-state index is -0.254. The smallest absolute Gasteiger partial charge is 0.224 e. The Labute approximate surface area is 108 Å². The molecule has 1 amide bonds. The van der Waals surface area contributed by atoms with Crippen molar-refractivity contribution in [3.05, 3.63) is 35.6 Å². The first-order valence-electron chi connectivity index (χ1n) is 6.10. The van der Waals surface area contributed by atoms with Crippen LogP contribution in [0.2, 0.25) is 0 Å². The van der Waals surface area contributed by atoms with Crippen LogP contribution in [-0.4, -0.2) is 19.0 Å². The number of nitrogens with two attached hydrogens (primary N) is 1. The highest BCUT2D eigenvalue weighted by Gasteiger charge is 2.22. The summed E-state index contributed by atoms with van der Waals surface area (Å²) in [6.45, 7) is 6.64. The maximum atomic E-state index is 12.9. The molecule has 100 valence electrons. The summed E-state index contributed by atoms with van der Waals surface area (Å²) >= 11 is 0. The molecule has 0 aliphatic carbocycles. The van der Waals surface area contributed by atoms with E-state index in [1.165, 1.54) is 12.1 Å². The maximum absolute atomic E-state index is 12.9. The van der Waals surface area contributed by atoms with Gasteiger partial charge in [-0.3, -0.25) is 4.79 Å². The second kappa shape index (κ2) is 5.96. The molecule has 1 atom stereocenters. The lowest BCUT2D eigenvalue weighted by Crippen LogP contribution is -2.40. The molecule has 0 saturated carbocycles. The SMILES string of the molecule is CC(CN)C(=O)NCC(C)(C)c1ccc(F)cc1. The van der Waals surface area contributed by atoms with E-state index in [2.05, 4.69) is 5.32 Å². The molecule has 0 bridgehead atoms. The molecule has 0 heterocycles. The predicted octanol–water partition coefficient (Wildman–Crippen LogP) is 1.81. The van der Waals surface area contributed by atoms with Crippen molar-refractivity contribution in [1.82, 2.24) is 5.32 Å². The van der Waals surface area contributed by atoms with Crippen molar-refractivity contribution in [3.63, 3.8) is 0 Å². The average molecular weight is 252 g/mol. The Balaban J connectivity index is 2.65. The Bertz CT molecular complexity index is 401. The number of nitrogens with one attached hydrogen (secondary N) is 1. The van der Waals surface area contributed by atoms with Gasteiger partial charge in [-0.2, -0.15) is 0 Å². The second-order valence-corrected chi connectivity index (χ2v) is 5.25. The molecule has 3 N–H and O–H groups in total. The van der Waals surface area contributed by atoms with E-state index in [1.807, 2.05) is 13.8 Å². The summed E-state index contributed by atoms with van der Waals surface area (Å²) in [5.41, 5.74) is 6.19. The van der Waals surface area contributed by atoms with Crippen LogP contribution in [0.25, 0.3) is 0 Å². The van der Waals surface area contributed by atoms with E-state index >= 15 is 0 Å². The van der Waals surface area contributed by atoms with E-state index in [-0.39, 0.29) is 23.1 Å². The first-order chi connectivity index (χ1) is 8.36. The first kappa shape index (κ1) is 14.6. The van der Waals surface area contributed by atoms with Crippen molar-refractivity contribution < 1.29 is 9.18 Å². The van der Waals surface area contributed by atoms with E-state index in [9.17, 15) is 9.18 Å². The lowest BCUT2D eigenvalue weighted by molar-refractivity contribution is -0.124. The molecular weight excluding hydrogens is 231 g/mol. The molecule has 1 unspecified atom stereocenters. The van der Waals surface area contributed by atoms with Gasteiger partial charge < -0.3 is 11.1 Å². The van der Waals surface area contributed by atoms with Crippen LogP contribution in [0.4, 0.5) is 4.39 Å². The summed E-state index contributed by atoms with van der Waals surface area (Å²) in [5, 5.41) is 2.87. The van der Waals surface area contributed by atoms with Crippen LogP contribution in [0.5, 0.6) is 0 Å². The number of hydrogen-bond donors (Lipinski definition) is 2. The largest absolute Gasteiger partial charge is 0.355 e. The lowest BCUT2D eigenvalue weighted by Gasteiger charge is -2.26. The summed E-state index contributed by atoms with van der Waals surface area (Å²) in [7, 11) is 0. The Morgan fingerprint density at radius 1 is 1.39 bits per heavy atom. The van der Waals surface area contributed by atoms with Gasteiger partial charge in [0.25, 0.3) is 0 Å². The van der Waals surface area contributed by atoms with Crippen LogP contribution in [0.1, 0.15) is 26.3 Å². The molecule has 0 spiro atoms. The summed E-state index contributed by atoms with van der Waals surface area (Å²) in [5.74, 6) is -0.489. The van der Waals surface area contributed by atoms with Gasteiger partial charge >= 0.3 is 0 Å². The van der Waals surface area contributed by atoms with Crippen LogP contribution < -0.4 is 11.1 Å². The summed E-state index contributed by atoms with van der Waals surface area (Å²) in [6, 6.07) is 6.35. The van der Waals surface area contributed by atoms with E-state index in [1.54, 1.807) is 19.1 Å². The van der Waals surface area contributed by atoms with E-state index < -0.39 is 0 Å². The monoisotopic (exact) mass is 252 g/mol. The summed E-state index contributed by atoms with van der Waals surface area (Å²) in [6.07, 6.45) is 0.